The van der Waals surface area contributed by atoms with Gasteiger partial charge in [0.25, 0.3) is 0 Å². The van der Waals surface area contributed by atoms with Crippen molar-refractivity contribution in [2.75, 3.05) is 0 Å². The van der Waals surface area contributed by atoms with E-state index in [9.17, 15) is 5.11 Å². The summed E-state index contributed by atoms with van der Waals surface area (Å²) in [6, 6.07) is 0. The van der Waals surface area contributed by atoms with E-state index >= 15 is 0 Å². The van der Waals surface area contributed by atoms with Crippen molar-refractivity contribution in [3.05, 3.63) is 0 Å². The molecule has 0 radical (unpaired) electrons. The molecular weight excluding hydrogens is 188 g/mol. The molecule has 0 aliphatic carbocycles. The molecule has 0 aliphatic rings. The molecule has 15 heavy (non-hydrogen) atoms. The van der Waals surface area contributed by atoms with Crippen molar-refractivity contribution in [2.45, 2.75) is 67.3 Å². The Morgan fingerprint density at radius 1 is 1.07 bits per heavy atom. The molecule has 1 N–H and O–H groups in total. The summed E-state index contributed by atoms with van der Waals surface area (Å²) in [6.45, 7) is 14.7. The Balaban J connectivity index is 4.62. The molecule has 0 fully saturated rings. The SMILES string of the molecule is CC(C)CC(C)(C(C)C)[C@H](O)OC(C)C. The van der Waals surface area contributed by atoms with Crippen LogP contribution in [-0.2, 0) is 4.74 Å². The second-order valence-electron chi connectivity index (χ2n) is 5.80. The van der Waals surface area contributed by atoms with Crippen molar-refractivity contribution >= 4 is 0 Å². The summed E-state index contributed by atoms with van der Waals surface area (Å²) in [4.78, 5) is 0. The van der Waals surface area contributed by atoms with Crippen molar-refractivity contribution in [2.24, 2.45) is 17.3 Å². The van der Waals surface area contributed by atoms with Gasteiger partial charge in [-0.1, -0.05) is 34.6 Å². The first-order valence-electron chi connectivity index (χ1n) is 6.03. The molecule has 0 aromatic rings. The van der Waals surface area contributed by atoms with Gasteiger partial charge in [-0.05, 0) is 32.1 Å². The van der Waals surface area contributed by atoms with Gasteiger partial charge in [-0.3, -0.25) is 0 Å². The van der Waals surface area contributed by atoms with Gasteiger partial charge in [0.15, 0.2) is 6.29 Å². The molecule has 0 heterocycles. The van der Waals surface area contributed by atoms with Gasteiger partial charge in [0.05, 0.1) is 6.10 Å². The van der Waals surface area contributed by atoms with Crippen molar-refractivity contribution in [1.29, 1.82) is 0 Å². The highest BCUT2D eigenvalue weighted by molar-refractivity contribution is 4.82. The predicted molar refractivity (Wildman–Crippen MR) is 64.6 cm³/mol. The van der Waals surface area contributed by atoms with Crippen LogP contribution in [-0.4, -0.2) is 17.5 Å². The van der Waals surface area contributed by atoms with Crippen LogP contribution >= 0.6 is 0 Å². The van der Waals surface area contributed by atoms with Crippen LogP contribution in [0.25, 0.3) is 0 Å². The van der Waals surface area contributed by atoms with Crippen LogP contribution in [0.4, 0.5) is 0 Å². The zero-order valence-corrected chi connectivity index (χ0v) is 11.4. The van der Waals surface area contributed by atoms with E-state index < -0.39 is 6.29 Å². The third-order valence-corrected chi connectivity index (χ3v) is 3.13. The lowest BCUT2D eigenvalue weighted by molar-refractivity contribution is -0.206. The van der Waals surface area contributed by atoms with Crippen LogP contribution in [0.2, 0.25) is 0 Å². The van der Waals surface area contributed by atoms with E-state index in [1.165, 1.54) is 0 Å². The molecule has 0 rings (SSSR count). The summed E-state index contributed by atoms with van der Waals surface area (Å²) in [5, 5.41) is 10.1. The zero-order chi connectivity index (χ0) is 12.2. The fourth-order valence-corrected chi connectivity index (χ4v) is 1.91. The average Bonchev–Trinajstić information content (AvgIpc) is 2.00. The highest BCUT2D eigenvalue weighted by Gasteiger charge is 2.37. The van der Waals surface area contributed by atoms with Crippen molar-refractivity contribution in [3.63, 3.8) is 0 Å². The number of ether oxygens (including phenoxy) is 1. The molecule has 0 aliphatic heterocycles. The van der Waals surface area contributed by atoms with Gasteiger partial charge in [0, 0.05) is 5.41 Å². The van der Waals surface area contributed by atoms with E-state index in [2.05, 4.69) is 34.6 Å². The smallest absolute Gasteiger partial charge is 0.160 e. The standard InChI is InChI=1S/C13H28O2/c1-9(2)8-13(7,10(3)4)12(14)15-11(5)6/h9-12,14H,8H2,1-7H3/t12-,13?/m1/s1. The third-order valence-electron chi connectivity index (χ3n) is 3.13. The minimum Gasteiger partial charge on any atom is -0.367 e. The molecule has 0 bridgehead atoms. The van der Waals surface area contributed by atoms with Gasteiger partial charge in [0.1, 0.15) is 0 Å². The van der Waals surface area contributed by atoms with Crippen LogP contribution in [0.3, 0.4) is 0 Å². The van der Waals surface area contributed by atoms with Crippen molar-refractivity contribution < 1.29 is 9.84 Å². The van der Waals surface area contributed by atoms with E-state index in [1.807, 2.05) is 13.8 Å². The normalized spacial score (nSPS) is 18.6. The molecule has 2 atom stereocenters. The molecule has 0 saturated carbocycles. The van der Waals surface area contributed by atoms with Crippen LogP contribution < -0.4 is 0 Å². The lowest BCUT2D eigenvalue weighted by atomic mass is 9.72. The third kappa shape index (κ3) is 4.52. The van der Waals surface area contributed by atoms with Gasteiger partial charge in [-0.15, -0.1) is 0 Å². The molecule has 1 unspecified atom stereocenters. The first kappa shape index (κ1) is 14.9. The van der Waals surface area contributed by atoms with E-state index in [4.69, 9.17) is 4.74 Å². The van der Waals surface area contributed by atoms with Gasteiger partial charge < -0.3 is 9.84 Å². The van der Waals surface area contributed by atoms with Crippen molar-refractivity contribution in [1.82, 2.24) is 0 Å². The Morgan fingerprint density at radius 2 is 1.53 bits per heavy atom. The molecule has 2 nitrogen and oxygen atoms in total. The van der Waals surface area contributed by atoms with Gasteiger partial charge in [0.2, 0.25) is 0 Å². The van der Waals surface area contributed by atoms with Gasteiger partial charge >= 0.3 is 0 Å². The van der Waals surface area contributed by atoms with Gasteiger partial charge in [-0.2, -0.15) is 0 Å². The molecule has 92 valence electrons. The number of hydrogen-bond acceptors (Lipinski definition) is 2. The first-order chi connectivity index (χ1) is 6.70. The Bertz CT molecular complexity index is 175. The minimum atomic E-state index is -0.667. The Morgan fingerprint density at radius 3 is 1.80 bits per heavy atom. The summed E-state index contributed by atoms with van der Waals surface area (Å²) < 4.78 is 5.53. The fraction of sp³-hybridized carbons (Fsp3) is 1.00. The highest BCUT2D eigenvalue weighted by atomic mass is 16.6. The average molecular weight is 216 g/mol. The second-order valence-corrected chi connectivity index (χ2v) is 5.80. The summed E-state index contributed by atoms with van der Waals surface area (Å²) >= 11 is 0. The lowest BCUT2D eigenvalue weighted by Gasteiger charge is -2.40. The van der Waals surface area contributed by atoms with Crippen LogP contribution in [0.5, 0.6) is 0 Å². The minimum absolute atomic E-state index is 0.0743. The van der Waals surface area contributed by atoms with E-state index in [-0.39, 0.29) is 11.5 Å². The largest absolute Gasteiger partial charge is 0.367 e. The molecule has 0 amide bonds. The van der Waals surface area contributed by atoms with Crippen LogP contribution in [0.1, 0.15) is 54.9 Å². The first-order valence-corrected chi connectivity index (χ1v) is 6.03. The molecule has 0 aromatic carbocycles. The monoisotopic (exact) mass is 216 g/mol. The molecule has 2 heteroatoms. The lowest BCUT2D eigenvalue weighted by Crippen LogP contribution is -2.41. The highest BCUT2D eigenvalue weighted by Crippen LogP contribution is 2.38. The summed E-state index contributed by atoms with van der Waals surface area (Å²) in [5.74, 6) is 0.983. The van der Waals surface area contributed by atoms with Crippen LogP contribution in [0, 0.1) is 17.3 Å². The number of aliphatic hydroxyl groups is 1. The van der Waals surface area contributed by atoms with Crippen LogP contribution in [0.15, 0.2) is 0 Å². The Labute approximate surface area is 95.0 Å². The molecule has 0 spiro atoms. The molecular formula is C13H28O2. The van der Waals surface area contributed by atoms with E-state index in [1.54, 1.807) is 0 Å². The zero-order valence-electron chi connectivity index (χ0n) is 11.4. The molecule has 0 aromatic heterocycles. The number of rotatable bonds is 6. The summed E-state index contributed by atoms with van der Waals surface area (Å²) in [7, 11) is 0. The Kier molecular flexibility index (Phi) is 5.82. The van der Waals surface area contributed by atoms with Crippen molar-refractivity contribution in [3.8, 4) is 0 Å². The predicted octanol–water partition coefficient (Wildman–Crippen LogP) is 3.44. The quantitative estimate of drug-likeness (QED) is 0.689. The van der Waals surface area contributed by atoms with Gasteiger partial charge in [-0.25, -0.2) is 0 Å². The Hall–Kier alpha value is -0.0800. The maximum Gasteiger partial charge on any atom is 0.160 e. The fourth-order valence-electron chi connectivity index (χ4n) is 1.91. The molecule has 0 saturated heterocycles. The topological polar surface area (TPSA) is 29.5 Å². The maximum atomic E-state index is 10.1. The summed E-state index contributed by atoms with van der Waals surface area (Å²) in [5.41, 5.74) is -0.154. The second kappa shape index (κ2) is 5.86. The van der Waals surface area contributed by atoms with E-state index in [0.29, 0.717) is 11.8 Å². The van der Waals surface area contributed by atoms with E-state index in [0.717, 1.165) is 6.42 Å². The number of hydrogen-bond donors (Lipinski definition) is 1. The maximum absolute atomic E-state index is 10.1. The number of aliphatic hydroxyl groups excluding tert-OH is 1. The summed E-state index contributed by atoms with van der Waals surface area (Å²) in [6.07, 6.45) is 0.392.